The number of Topliss-reactive ketones (excluding diaryl/α,β-unsaturated/α-hetero) is 1. The molecule has 7 heteroatoms. The standard InChI is InChI=1S/C20H16FNO4S/c1-12-18(27-19(22-12)13-6-8-15(21)9-7-13)20(24)26-11-17(23)14-4-3-5-16(10-14)25-2/h3-10H,11H2,1-2H3. The summed E-state index contributed by atoms with van der Waals surface area (Å²) < 4.78 is 23.3. The Labute approximate surface area is 159 Å². The summed E-state index contributed by atoms with van der Waals surface area (Å²) in [6.07, 6.45) is 0. The third-order valence-corrected chi connectivity index (χ3v) is 4.99. The molecule has 0 radical (unpaired) electrons. The minimum Gasteiger partial charge on any atom is -0.497 e. The molecule has 0 bridgehead atoms. The van der Waals surface area contributed by atoms with Crippen LogP contribution >= 0.6 is 11.3 Å². The third-order valence-electron chi connectivity index (χ3n) is 3.80. The molecule has 138 valence electrons. The highest BCUT2D eigenvalue weighted by atomic mass is 32.1. The fourth-order valence-electron chi connectivity index (χ4n) is 2.38. The predicted octanol–water partition coefficient (Wildman–Crippen LogP) is 4.31. The zero-order valence-corrected chi connectivity index (χ0v) is 15.5. The Hall–Kier alpha value is -3.06. The van der Waals surface area contributed by atoms with E-state index in [0.717, 1.165) is 11.3 Å². The predicted molar refractivity (Wildman–Crippen MR) is 99.9 cm³/mol. The Morgan fingerprint density at radius 3 is 2.59 bits per heavy atom. The number of aromatic nitrogens is 1. The van der Waals surface area contributed by atoms with E-state index in [9.17, 15) is 14.0 Å². The molecule has 0 aliphatic rings. The van der Waals surface area contributed by atoms with Gasteiger partial charge < -0.3 is 9.47 Å². The van der Waals surface area contributed by atoms with Crippen molar-refractivity contribution in [2.75, 3.05) is 13.7 Å². The van der Waals surface area contributed by atoms with Crippen molar-refractivity contribution in [3.63, 3.8) is 0 Å². The van der Waals surface area contributed by atoms with Gasteiger partial charge in [-0.25, -0.2) is 14.2 Å². The molecule has 0 spiro atoms. The van der Waals surface area contributed by atoms with Crippen molar-refractivity contribution in [3.05, 3.63) is 70.5 Å². The largest absolute Gasteiger partial charge is 0.497 e. The van der Waals surface area contributed by atoms with Crippen molar-refractivity contribution in [2.24, 2.45) is 0 Å². The molecule has 3 aromatic rings. The van der Waals surface area contributed by atoms with E-state index in [1.54, 1.807) is 43.3 Å². The van der Waals surface area contributed by atoms with Crippen molar-refractivity contribution in [2.45, 2.75) is 6.92 Å². The molecule has 0 N–H and O–H groups in total. The van der Waals surface area contributed by atoms with Crippen LogP contribution in [0.3, 0.4) is 0 Å². The highest BCUT2D eigenvalue weighted by Gasteiger charge is 2.19. The van der Waals surface area contributed by atoms with Crippen LogP contribution in [0.2, 0.25) is 0 Å². The van der Waals surface area contributed by atoms with Gasteiger partial charge in [-0.15, -0.1) is 11.3 Å². The molecule has 0 saturated carbocycles. The summed E-state index contributed by atoms with van der Waals surface area (Å²) in [4.78, 5) is 29.2. The number of ketones is 1. The summed E-state index contributed by atoms with van der Waals surface area (Å²) in [6, 6.07) is 12.5. The number of halogens is 1. The molecule has 5 nitrogen and oxygen atoms in total. The van der Waals surface area contributed by atoms with Gasteiger partial charge in [-0.2, -0.15) is 0 Å². The number of carbonyl (C=O) groups excluding carboxylic acids is 2. The maximum Gasteiger partial charge on any atom is 0.350 e. The number of benzene rings is 2. The van der Waals surface area contributed by atoms with Crippen LogP contribution in [0.4, 0.5) is 4.39 Å². The van der Waals surface area contributed by atoms with Gasteiger partial charge in [-0.05, 0) is 43.3 Å². The van der Waals surface area contributed by atoms with Gasteiger partial charge in [0, 0.05) is 11.1 Å². The maximum absolute atomic E-state index is 13.0. The number of carbonyl (C=O) groups is 2. The van der Waals surface area contributed by atoms with E-state index in [1.165, 1.54) is 19.2 Å². The number of ether oxygens (including phenoxy) is 2. The quantitative estimate of drug-likeness (QED) is 0.467. The molecule has 0 unspecified atom stereocenters. The van der Waals surface area contributed by atoms with Gasteiger partial charge in [0.05, 0.1) is 12.8 Å². The Bertz CT molecular complexity index is 982. The number of aryl methyl sites for hydroxylation is 1. The number of methoxy groups -OCH3 is 1. The Morgan fingerprint density at radius 1 is 1.15 bits per heavy atom. The van der Waals surface area contributed by atoms with Crippen LogP contribution in [0.15, 0.2) is 48.5 Å². The molecular weight excluding hydrogens is 369 g/mol. The summed E-state index contributed by atoms with van der Waals surface area (Å²) in [5.74, 6) is -0.741. The molecule has 0 fully saturated rings. The fraction of sp³-hybridized carbons (Fsp3) is 0.150. The molecule has 1 heterocycles. The van der Waals surface area contributed by atoms with E-state index in [1.807, 2.05) is 0 Å². The van der Waals surface area contributed by atoms with Gasteiger partial charge in [0.25, 0.3) is 0 Å². The number of hydrogen-bond acceptors (Lipinski definition) is 6. The van der Waals surface area contributed by atoms with Crippen LogP contribution in [0.5, 0.6) is 5.75 Å². The van der Waals surface area contributed by atoms with Crippen molar-refractivity contribution in [1.82, 2.24) is 4.98 Å². The normalized spacial score (nSPS) is 10.5. The summed E-state index contributed by atoms with van der Waals surface area (Å²) >= 11 is 1.14. The number of thiazole rings is 1. The fourth-order valence-corrected chi connectivity index (χ4v) is 3.34. The number of esters is 1. The maximum atomic E-state index is 13.0. The van der Waals surface area contributed by atoms with Crippen molar-refractivity contribution in [1.29, 1.82) is 0 Å². The summed E-state index contributed by atoms with van der Waals surface area (Å²) in [5.41, 5.74) is 1.60. The monoisotopic (exact) mass is 385 g/mol. The van der Waals surface area contributed by atoms with Crippen LogP contribution in [0.25, 0.3) is 10.6 Å². The smallest absolute Gasteiger partial charge is 0.350 e. The Morgan fingerprint density at radius 2 is 1.89 bits per heavy atom. The van der Waals surface area contributed by atoms with Gasteiger partial charge in [0.1, 0.15) is 21.5 Å². The van der Waals surface area contributed by atoms with Crippen molar-refractivity contribution < 1.29 is 23.5 Å². The van der Waals surface area contributed by atoms with Crippen LogP contribution in [0, 0.1) is 12.7 Å². The zero-order valence-electron chi connectivity index (χ0n) is 14.7. The lowest BCUT2D eigenvalue weighted by atomic mass is 10.1. The first kappa shape index (κ1) is 18.7. The molecule has 1 aromatic heterocycles. The lowest BCUT2D eigenvalue weighted by Gasteiger charge is -2.05. The van der Waals surface area contributed by atoms with Gasteiger partial charge in [0.2, 0.25) is 0 Å². The molecule has 0 aliphatic carbocycles. The van der Waals surface area contributed by atoms with E-state index >= 15 is 0 Å². The minimum absolute atomic E-state index is 0.313. The molecule has 2 aromatic carbocycles. The highest BCUT2D eigenvalue weighted by Crippen LogP contribution is 2.28. The number of rotatable bonds is 6. The first-order valence-corrected chi connectivity index (χ1v) is 8.87. The first-order chi connectivity index (χ1) is 13.0. The lowest BCUT2D eigenvalue weighted by Crippen LogP contribution is -2.14. The molecule has 27 heavy (non-hydrogen) atoms. The molecule has 0 aliphatic heterocycles. The highest BCUT2D eigenvalue weighted by molar-refractivity contribution is 7.17. The first-order valence-electron chi connectivity index (χ1n) is 8.05. The SMILES string of the molecule is COc1cccc(C(=O)COC(=O)c2sc(-c3ccc(F)cc3)nc2C)c1. The topological polar surface area (TPSA) is 65.5 Å². The van der Waals surface area contributed by atoms with E-state index in [-0.39, 0.29) is 18.2 Å². The van der Waals surface area contributed by atoms with E-state index < -0.39 is 5.97 Å². The van der Waals surface area contributed by atoms with E-state index in [2.05, 4.69) is 4.98 Å². The van der Waals surface area contributed by atoms with E-state index in [0.29, 0.717) is 32.5 Å². The molecule has 0 atom stereocenters. The zero-order chi connectivity index (χ0) is 19.4. The minimum atomic E-state index is -0.616. The Kier molecular flexibility index (Phi) is 5.61. The van der Waals surface area contributed by atoms with Crippen molar-refractivity contribution in [3.8, 4) is 16.3 Å². The van der Waals surface area contributed by atoms with Gasteiger partial charge in [-0.3, -0.25) is 4.79 Å². The lowest BCUT2D eigenvalue weighted by molar-refractivity contribution is 0.0478. The van der Waals surface area contributed by atoms with Crippen LogP contribution in [-0.2, 0) is 4.74 Å². The van der Waals surface area contributed by atoms with Gasteiger partial charge in [-0.1, -0.05) is 12.1 Å². The molecule has 0 saturated heterocycles. The average Bonchev–Trinajstić information content (AvgIpc) is 3.08. The van der Waals surface area contributed by atoms with Crippen LogP contribution in [-0.4, -0.2) is 30.5 Å². The molecular formula is C20H16FNO4S. The van der Waals surface area contributed by atoms with Gasteiger partial charge >= 0.3 is 5.97 Å². The third kappa shape index (κ3) is 4.38. The number of nitrogens with zero attached hydrogens (tertiary/aromatic N) is 1. The average molecular weight is 385 g/mol. The molecule has 3 rings (SSSR count). The second-order valence-corrected chi connectivity index (χ2v) is 6.67. The van der Waals surface area contributed by atoms with Crippen molar-refractivity contribution >= 4 is 23.1 Å². The summed E-state index contributed by atoms with van der Waals surface area (Å²) in [5, 5.41) is 0.582. The summed E-state index contributed by atoms with van der Waals surface area (Å²) in [6.45, 7) is 1.30. The Balaban J connectivity index is 1.69. The van der Waals surface area contributed by atoms with Gasteiger partial charge in [0.15, 0.2) is 12.4 Å². The second-order valence-electron chi connectivity index (χ2n) is 5.67. The number of hydrogen-bond donors (Lipinski definition) is 0. The summed E-state index contributed by atoms with van der Waals surface area (Å²) in [7, 11) is 1.51. The second kappa shape index (κ2) is 8.09. The molecule has 0 amide bonds. The van der Waals surface area contributed by atoms with E-state index in [4.69, 9.17) is 9.47 Å². The van der Waals surface area contributed by atoms with Crippen LogP contribution in [0.1, 0.15) is 25.7 Å². The van der Waals surface area contributed by atoms with Crippen LogP contribution < -0.4 is 4.74 Å².